The van der Waals surface area contributed by atoms with Crippen LogP contribution in [0.15, 0.2) is 85.1 Å². The fourth-order valence-electron chi connectivity index (χ4n) is 9.36. The minimum atomic E-state index is -1.63. The molecule has 1 saturated heterocycles. The van der Waals surface area contributed by atoms with E-state index < -0.39 is 67.4 Å². The summed E-state index contributed by atoms with van der Waals surface area (Å²) in [5.74, 6) is -1.24. The van der Waals surface area contributed by atoms with E-state index in [0.29, 0.717) is 12.8 Å². The van der Waals surface area contributed by atoms with E-state index in [1.54, 1.807) is 6.08 Å². The number of aliphatic hydroxyl groups excluding tert-OH is 5. The summed E-state index contributed by atoms with van der Waals surface area (Å²) in [6.07, 6.45) is 59.1. The molecule has 1 aliphatic heterocycles. The van der Waals surface area contributed by atoms with Gasteiger partial charge in [-0.1, -0.05) is 260 Å². The lowest BCUT2D eigenvalue weighted by Gasteiger charge is -2.41. The molecular formula is C66H115NO10. The Labute approximate surface area is 470 Å². The third kappa shape index (κ3) is 41.5. The Morgan fingerprint density at radius 1 is 0.519 bits per heavy atom. The van der Waals surface area contributed by atoms with E-state index >= 15 is 0 Å². The maximum Gasteiger partial charge on any atom is 0.306 e. The smallest absolute Gasteiger partial charge is 0.306 e. The zero-order valence-electron chi connectivity index (χ0n) is 49.1. The molecule has 8 atom stereocenters. The van der Waals surface area contributed by atoms with Crippen LogP contribution in [0.2, 0.25) is 0 Å². The second-order valence-corrected chi connectivity index (χ2v) is 21.4. The van der Waals surface area contributed by atoms with Crippen molar-refractivity contribution in [3.63, 3.8) is 0 Å². The van der Waals surface area contributed by atoms with Crippen LogP contribution in [-0.4, -0.2) is 99.6 Å². The summed E-state index contributed by atoms with van der Waals surface area (Å²) >= 11 is 0. The van der Waals surface area contributed by atoms with E-state index in [2.05, 4.69) is 99.0 Å². The molecule has 1 aliphatic rings. The van der Waals surface area contributed by atoms with Crippen LogP contribution in [0, 0.1) is 0 Å². The molecule has 11 heteroatoms. The van der Waals surface area contributed by atoms with Gasteiger partial charge in [0, 0.05) is 6.42 Å². The van der Waals surface area contributed by atoms with E-state index in [4.69, 9.17) is 14.2 Å². The number of hydrogen-bond donors (Lipinski definition) is 6. The number of amides is 1. The first-order chi connectivity index (χ1) is 37.7. The second-order valence-electron chi connectivity index (χ2n) is 21.4. The number of unbranched alkanes of at least 4 members (excludes halogenated alkanes) is 26. The van der Waals surface area contributed by atoms with Crippen molar-refractivity contribution in [2.75, 3.05) is 13.2 Å². The van der Waals surface area contributed by atoms with Crippen molar-refractivity contribution in [3.8, 4) is 0 Å². The van der Waals surface area contributed by atoms with Crippen LogP contribution >= 0.6 is 0 Å². The highest BCUT2D eigenvalue weighted by atomic mass is 16.7. The average molecular weight is 1080 g/mol. The Kier molecular flexibility index (Phi) is 49.9. The molecule has 0 bridgehead atoms. The van der Waals surface area contributed by atoms with Crippen LogP contribution in [0.25, 0.3) is 0 Å². The van der Waals surface area contributed by atoms with Gasteiger partial charge in [-0.2, -0.15) is 0 Å². The molecule has 77 heavy (non-hydrogen) atoms. The van der Waals surface area contributed by atoms with Gasteiger partial charge in [-0.3, -0.25) is 9.59 Å². The van der Waals surface area contributed by atoms with E-state index in [0.717, 1.165) is 89.9 Å². The summed E-state index contributed by atoms with van der Waals surface area (Å²) in [5, 5.41) is 56.9. The standard InChI is InChI=1S/C66H115NO10/c1-4-7-10-13-16-19-22-24-26-28-29-30-31-32-34-36-39-42-45-48-51-54-61(71)77-64-63(73)62(72)60(55-68)76-66(64)75-56-57(58(69)52-49-46-43-40-37-21-18-15-12-9-6-3)67-65(74)59(70)53-50-47-44-41-38-35-33-27-25-23-20-17-14-11-8-5-2/h7,10,16,19,24,26,29-30,32,34,39,42,49,52,57-60,62-64,66,68-70,72-73H,4-6,8-9,11-15,17-18,20-23,25,27-28,31,33,35-38,40-41,43-48,50-51,53-56H2,1-3H3,(H,67,74)/b10-7-,19-16-,26-24-,30-29-,34-32-,42-39-,52-49+. The number of carbonyl (C=O) groups is 2. The molecule has 1 heterocycles. The van der Waals surface area contributed by atoms with Crippen molar-refractivity contribution >= 4 is 11.9 Å². The molecule has 0 aliphatic carbocycles. The zero-order chi connectivity index (χ0) is 56.1. The maximum atomic E-state index is 13.4. The normalized spacial score (nSPS) is 19.6. The van der Waals surface area contributed by atoms with Gasteiger partial charge in [0.25, 0.3) is 0 Å². The van der Waals surface area contributed by atoms with Gasteiger partial charge in [0.15, 0.2) is 12.4 Å². The minimum absolute atomic E-state index is 0.0660. The molecule has 0 saturated carbocycles. The van der Waals surface area contributed by atoms with Crippen molar-refractivity contribution in [2.45, 2.75) is 307 Å². The number of esters is 1. The molecule has 0 aromatic rings. The third-order valence-electron chi connectivity index (χ3n) is 14.3. The molecule has 0 aromatic carbocycles. The molecule has 1 rings (SSSR count). The number of ether oxygens (including phenoxy) is 3. The molecule has 0 aromatic heterocycles. The van der Waals surface area contributed by atoms with Gasteiger partial charge in [0.1, 0.15) is 24.4 Å². The number of rotatable bonds is 52. The van der Waals surface area contributed by atoms with Crippen molar-refractivity contribution in [2.24, 2.45) is 0 Å². The molecule has 0 spiro atoms. The van der Waals surface area contributed by atoms with E-state index in [-0.39, 0.29) is 19.4 Å². The SMILES string of the molecule is CC/C=C\C/C=C\C/C=C\C/C=C\C/C=C\C/C=C\CCCCC(=O)OC1C(OCC(NC(=O)C(O)CCCCCCCCCCCCCCCCCC)C(O)/C=C/CCCCCCCCCCC)OC(CO)C(O)C1O. The zero-order valence-corrected chi connectivity index (χ0v) is 49.1. The van der Waals surface area contributed by atoms with Crippen LogP contribution in [0.1, 0.15) is 258 Å². The van der Waals surface area contributed by atoms with Crippen molar-refractivity contribution in [3.05, 3.63) is 85.1 Å². The molecule has 444 valence electrons. The third-order valence-corrected chi connectivity index (χ3v) is 14.3. The number of carbonyl (C=O) groups excluding carboxylic acids is 2. The van der Waals surface area contributed by atoms with Crippen molar-refractivity contribution in [1.29, 1.82) is 0 Å². The van der Waals surface area contributed by atoms with Crippen LogP contribution in [-0.2, 0) is 23.8 Å². The van der Waals surface area contributed by atoms with Gasteiger partial charge in [-0.25, -0.2) is 0 Å². The second kappa shape index (κ2) is 53.5. The molecule has 0 radical (unpaired) electrons. The molecule has 6 N–H and O–H groups in total. The Hall–Kier alpha value is -3.16. The lowest BCUT2D eigenvalue weighted by atomic mass is 9.99. The summed E-state index contributed by atoms with van der Waals surface area (Å²) < 4.78 is 17.6. The summed E-state index contributed by atoms with van der Waals surface area (Å²) in [4.78, 5) is 26.5. The van der Waals surface area contributed by atoms with E-state index in [9.17, 15) is 35.1 Å². The van der Waals surface area contributed by atoms with Gasteiger partial charge in [-0.15, -0.1) is 0 Å². The van der Waals surface area contributed by atoms with Crippen LogP contribution in [0.5, 0.6) is 0 Å². The summed E-state index contributed by atoms with van der Waals surface area (Å²) in [6, 6.07) is -1.03. The maximum absolute atomic E-state index is 13.4. The fraction of sp³-hybridized carbons (Fsp3) is 0.758. The van der Waals surface area contributed by atoms with E-state index in [1.165, 1.54) is 122 Å². The number of hydrogen-bond acceptors (Lipinski definition) is 10. The molecular weight excluding hydrogens is 967 g/mol. The highest BCUT2D eigenvalue weighted by Crippen LogP contribution is 2.26. The van der Waals surface area contributed by atoms with Gasteiger partial charge in [0.2, 0.25) is 5.91 Å². The van der Waals surface area contributed by atoms with Crippen molar-refractivity contribution in [1.82, 2.24) is 5.32 Å². The van der Waals surface area contributed by atoms with Gasteiger partial charge in [-0.05, 0) is 77.0 Å². The Morgan fingerprint density at radius 3 is 1.40 bits per heavy atom. The first-order valence-electron chi connectivity index (χ1n) is 31.4. The highest BCUT2D eigenvalue weighted by Gasteiger charge is 2.47. The lowest BCUT2D eigenvalue weighted by Crippen LogP contribution is -2.61. The molecule has 1 amide bonds. The van der Waals surface area contributed by atoms with Crippen LogP contribution in [0.4, 0.5) is 0 Å². The van der Waals surface area contributed by atoms with Crippen LogP contribution < -0.4 is 5.32 Å². The first kappa shape index (κ1) is 71.9. The predicted octanol–water partition coefficient (Wildman–Crippen LogP) is 14.9. The molecule has 1 fully saturated rings. The lowest BCUT2D eigenvalue weighted by molar-refractivity contribution is -0.305. The number of allylic oxidation sites excluding steroid dienone is 13. The first-order valence-corrected chi connectivity index (χ1v) is 31.4. The quantitative estimate of drug-likeness (QED) is 0.0195. The molecule has 11 nitrogen and oxygen atoms in total. The van der Waals surface area contributed by atoms with Gasteiger partial charge >= 0.3 is 5.97 Å². The van der Waals surface area contributed by atoms with E-state index in [1.807, 2.05) is 6.08 Å². The largest absolute Gasteiger partial charge is 0.454 e. The average Bonchev–Trinajstić information content (AvgIpc) is 3.43. The van der Waals surface area contributed by atoms with Crippen molar-refractivity contribution < 1.29 is 49.3 Å². The summed E-state index contributed by atoms with van der Waals surface area (Å²) in [6.45, 7) is 5.65. The Balaban J connectivity index is 2.69. The van der Waals surface area contributed by atoms with Gasteiger partial charge in [0.05, 0.1) is 25.4 Å². The predicted molar refractivity (Wildman–Crippen MR) is 319 cm³/mol. The van der Waals surface area contributed by atoms with Crippen LogP contribution in [0.3, 0.4) is 0 Å². The monoisotopic (exact) mass is 1080 g/mol. The number of aliphatic hydroxyl groups is 5. The fourth-order valence-corrected chi connectivity index (χ4v) is 9.36. The molecule has 8 unspecified atom stereocenters. The van der Waals surface area contributed by atoms with Gasteiger partial charge < -0.3 is 45.1 Å². The topological polar surface area (TPSA) is 175 Å². The number of nitrogens with one attached hydrogen (secondary N) is 1. The minimum Gasteiger partial charge on any atom is -0.454 e. The highest BCUT2D eigenvalue weighted by molar-refractivity contribution is 5.80. The Bertz CT molecular complexity index is 1570. The summed E-state index contributed by atoms with van der Waals surface area (Å²) in [5.41, 5.74) is 0. The Morgan fingerprint density at radius 2 is 0.935 bits per heavy atom. The summed E-state index contributed by atoms with van der Waals surface area (Å²) in [7, 11) is 0.